The fraction of sp³-hybridized carbons (Fsp3) is 0.257. The van der Waals surface area contributed by atoms with Crippen molar-refractivity contribution in [3.8, 4) is 0 Å². The maximum absolute atomic E-state index is 10.8. The summed E-state index contributed by atoms with van der Waals surface area (Å²) in [6.45, 7) is 7.35. The monoisotopic (exact) mass is 567 g/mol. The highest BCUT2D eigenvalue weighted by Gasteiger charge is 2.43. The van der Waals surface area contributed by atoms with Gasteiger partial charge in [0.1, 0.15) is 0 Å². The molecule has 1 aliphatic rings. The quantitative estimate of drug-likeness (QED) is 0.151. The minimum Gasteiger partial charge on any atom is -0.467 e. The van der Waals surface area contributed by atoms with Gasteiger partial charge in [-0.05, 0) is 79.1 Å². The number of ether oxygens (including phenoxy) is 1. The second-order valence-corrected chi connectivity index (χ2v) is 12.4. The third-order valence-electron chi connectivity index (χ3n) is 7.56. The van der Waals surface area contributed by atoms with Crippen molar-refractivity contribution in [2.24, 2.45) is 5.41 Å². The molecule has 3 nitrogen and oxygen atoms in total. The first-order chi connectivity index (χ1) is 19.4. The fourth-order valence-electron chi connectivity index (χ4n) is 5.03. The number of benzene rings is 3. The highest BCUT2D eigenvalue weighted by molar-refractivity contribution is 7.99. The first kappa shape index (κ1) is 28.2. The topological polar surface area (TPSA) is 39.2 Å². The van der Waals surface area contributed by atoms with Gasteiger partial charge in [-0.25, -0.2) is 4.98 Å². The Balaban J connectivity index is 1.36. The largest absolute Gasteiger partial charge is 0.467 e. The predicted octanol–water partition coefficient (Wildman–Crippen LogP) is 9.45. The highest BCUT2D eigenvalue weighted by Crippen LogP contribution is 2.51. The van der Waals surface area contributed by atoms with Crippen molar-refractivity contribution in [1.29, 1.82) is 0 Å². The number of hydrogen-bond donors (Lipinski definition) is 0. The zero-order chi connectivity index (χ0) is 28.0. The molecule has 0 saturated heterocycles. The van der Waals surface area contributed by atoms with Crippen molar-refractivity contribution < 1.29 is 9.53 Å². The number of carbonyl (C=O) groups is 1. The molecule has 1 aliphatic carbocycles. The van der Waals surface area contributed by atoms with E-state index in [1.54, 1.807) is 0 Å². The maximum atomic E-state index is 10.8. The van der Waals surface area contributed by atoms with Gasteiger partial charge in [-0.3, -0.25) is 4.79 Å². The number of fused-ring (bicyclic) bond motifs is 1. The molecule has 4 aromatic rings. The SMILES string of the molecule is C=C(C)c1ccccc1CC[C@@H](SCC1(COC=O)CC1)c1cccc(/C=C/c2ccc3ccc(Cl)cc3n2)c1. The van der Waals surface area contributed by atoms with Crippen LogP contribution in [0.3, 0.4) is 0 Å². The van der Waals surface area contributed by atoms with Crippen LogP contribution in [0.15, 0.2) is 85.4 Å². The Labute approximate surface area is 246 Å². The second kappa shape index (κ2) is 12.9. The van der Waals surface area contributed by atoms with Crippen LogP contribution < -0.4 is 0 Å². The summed E-state index contributed by atoms with van der Waals surface area (Å²) in [5.41, 5.74) is 8.04. The standard InChI is InChI=1S/C35H34ClNO2S/c1-25(2)32-9-4-3-7-27(32)13-17-34(40-23-35(18-19-35)22-39-24-38)29-8-5-6-26(20-29)10-15-31-16-12-28-11-14-30(36)21-33(28)37-31/h3-12,14-16,20-21,24,34H,1,13,17-19,22-23H2,2H3/b15-10+/t34-/m1/s1. The van der Waals surface area contributed by atoms with E-state index in [1.807, 2.05) is 36.0 Å². The van der Waals surface area contributed by atoms with Gasteiger partial charge in [-0.15, -0.1) is 0 Å². The van der Waals surface area contributed by atoms with Gasteiger partial charge in [0.15, 0.2) is 0 Å². The Hall–Kier alpha value is -3.34. The van der Waals surface area contributed by atoms with E-state index in [4.69, 9.17) is 21.3 Å². The Morgan fingerprint density at radius 3 is 2.70 bits per heavy atom. The number of halogens is 1. The maximum Gasteiger partial charge on any atom is 0.293 e. The smallest absolute Gasteiger partial charge is 0.293 e. The lowest BCUT2D eigenvalue weighted by atomic mass is 9.96. The summed E-state index contributed by atoms with van der Waals surface area (Å²) in [4.78, 5) is 15.6. The molecule has 1 fully saturated rings. The normalized spacial score (nSPS) is 14.8. The van der Waals surface area contributed by atoms with Crippen LogP contribution in [0.1, 0.15) is 59.4 Å². The number of hydrogen-bond acceptors (Lipinski definition) is 4. The molecular weight excluding hydrogens is 534 g/mol. The molecule has 0 N–H and O–H groups in total. The number of allylic oxidation sites excluding steroid dienone is 1. The lowest BCUT2D eigenvalue weighted by Crippen LogP contribution is -2.14. The molecule has 5 heteroatoms. The molecule has 0 aliphatic heterocycles. The number of aromatic nitrogens is 1. The molecule has 1 saturated carbocycles. The van der Waals surface area contributed by atoms with Crippen LogP contribution in [0.4, 0.5) is 0 Å². The van der Waals surface area contributed by atoms with Crippen LogP contribution in [0.25, 0.3) is 28.6 Å². The summed E-state index contributed by atoms with van der Waals surface area (Å²) in [7, 11) is 0. The van der Waals surface area contributed by atoms with E-state index >= 15 is 0 Å². The van der Waals surface area contributed by atoms with E-state index < -0.39 is 0 Å². The van der Waals surface area contributed by atoms with Crippen molar-refractivity contribution in [1.82, 2.24) is 4.98 Å². The number of rotatable bonds is 13. The van der Waals surface area contributed by atoms with Gasteiger partial charge in [0, 0.05) is 26.8 Å². The molecule has 204 valence electrons. The first-order valence-corrected chi connectivity index (χ1v) is 15.1. The van der Waals surface area contributed by atoms with Gasteiger partial charge < -0.3 is 4.74 Å². The minimum atomic E-state index is 0.127. The molecule has 1 atom stereocenters. The van der Waals surface area contributed by atoms with Crippen LogP contribution >= 0.6 is 23.4 Å². The predicted molar refractivity (Wildman–Crippen MR) is 170 cm³/mol. The highest BCUT2D eigenvalue weighted by atomic mass is 35.5. The number of pyridine rings is 1. The van der Waals surface area contributed by atoms with Crippen LogP contribution in [0, 0.1) is 5.41 Å². The molecule has 0 radical (unpaired) electrons. The van der Waals surface area contributed by atoms with Gasteiger partial charge in [0.2, 0.25) is 0 Å². The molecule has 5 rings (SSSR count). The Bertz CT molecular complexity index is 1540. The second-order valence-electron chi connectivity index (χ2n) is 10.8. The molecule has 0 amide bonds. The summed E-state index contributed by atoms with van der Waals surface area (Å²) in [6.07, 6.45) is 8.40. The summed E-state index contributed by atoms with van der Waals surface area (Å²) < 4.78 is 5.17. The lowest BCUT2D eigenvalue weighted by molar-refractivity contribution is -0.130. The summed E-state index contributed by atoms with van der Waals surface area (Å²) in [6, 6.07) is 27.3. The third kappa shape index (κ3) is 7.24. The number of thioether (sulfide) groups is 1. The van der Waals surface area contributed by atoms with E-state index in [9.17, 15) is 4.79 Å². The van der Waals surface area contributed by atoms with Gasteiger partial charge in [0.05, 0.1) is 17.8 Å². The molecule has 3 aromatic carbocycles. The molecular formula is C35H34ClNO2S. The number of aryl methyl sites for hydroxylation is 1. The Kier molecular flexibility index (Phi) is 9.08. The van der Waals surface area contributed by atoms with Gasteiger partial charge >= 0.3 is 0 Å². The number of carbonyl (C=O) groups excluding carboxylic acids is 1. The van der Waals surface area contributed by atoms with E-state index in [1.165, 1.54) is 16.7 Å². The molecule has 0 unspecified atom stereocenters. The van der Waals surface area contributed by atoms with Crippen molar-refractivity contribution in [2.45, 2.75) is 37.9 Å². The van der Waals surface area contributed by atoms with Gasteiger partial charge in [0.25, 0.3) is 6.47 Å². The molecule has 40 heavy (non-hydrogen) atoms. The summed E-state index contributed by atoms with van der Waals surface area (Å²) in [5, 5.41) is 2.08. The van der Waals surface area contributed by atoms with Crippen LogP contribution in [0.5, 0.6) is 0 Å². The average molecular weight is 568 g/mol. The van der Waals surface area contributed by atoms with E-state index in [-0.39, 0.29) is 5.41 Å². The molecule has 0 spiro atoms. The first-order valence-electron chi connectivity index (χ1n) is 13.7. The lowest BCUT2D eigenvalue weighted by Gasteiger charge is -2.22. The Morgan fingerprint density at radius 2 is 1.90 bits per heavy atom. The zero-order valence-electron chi connectivity index (χ0n) is 22.8. The molecule has 1 aromatic heterocycles. The summed E-state index contributed by atoms with van der Waals surface area (Å²) in [5.74, 6) is 0.983. The van der Waals surface area contributed by atoms with Crippen LogP contribution in [0.2, 0.25) is 5.02 Å². The van der Waals surface area contributed by atoms with Crippen molar-refractivity contribution in [3.05, 3.63) is 118 Å². The van der Waals surface area contributed by atoms with Crippen LogP contribution in [-0.2, 0) is 16.0 Å². The van der Waals surface area contributed by atoms with E-state index in [0.29, 0.717) is 23.4 Å². The van der Waals surface area contributed by atoms with Crippen molar-refractivity contribution >= 4 is 58.5 Å². The van der Waals surface area contributed by atoms with Crippen molar-refractivity contribution in [3.63, 3.8) is 0 Å². The summed E-state index contributed by atoms with van der Waals surface area (Å²) >= 11 is 8.16. The average Bonchev–Trinajstić information content (AvgIpc) is 3.75. The van der Waals surface area contributed by atoms with E-state index in [0.717, 1.165) is 59.2 Å². The van der Waals surface area contributed by atoms with Crippen molar-refractivity contribution in [2.75, 3.05) is 12.4 Å². The van der Waals surface area contributed by atoms with E-state index in [2.05, 4.69) is 80.3 Å². The molecule has 0 bridgehead atoms. The van der Waals surface area contributed by atoms with Gasteiger partial charge in [-0.2, -0.15) is 11.8 Å². The number of nitrogens with zero attached hydrogens (tertiary/aromatic N) is 1. The fourth-order valence-corrected chi connectivity index (χ4v) is 6.74. The zero-order valence-corrected chi connectivity index (χ0v) is 24.4. The minimum absolute atomic E-state index is 0.127. The molecule has 1 heterocycles. The third-order valence-corrected chi connectivity index (χ3v) is 9.49. The van der Waals surface area contributed by atoms with Crippen LogP contribution in [-0.4, -0.2) is 23.8 Å². The Morgan fingerprint density at radius 1 is 1.07 bits per heavy atom. The van der Waals surface area contributed by atoms with Gasteiger partial charge in [-0.1, -0.05) is 90.5 Å².